The van der Waals surface area contributed by atoms with Crippen molar-refractivity contribution in [3.8, 4) is 5.75 Å². The molecule has 0 spiro atoms. The van der Waals surface area contributed by atoms with E-state index in [9.17, 15) is 9.59 Å². The predicted molar refractivity (Wildman–Crippen MR) is 118 cm³/mol. The molecule has 6 nitrogen and oxygen atoms in total. The van der Waals surface area contributed by atoms with Crippen LogP contribution in [-0.2, 0) is 9.59 Å². The van der Waals surface area contributed by atoms with E-state index in [-0.39, 0.29) is 18.2 Å². The highest BCUT2D eigenvalue weighted by Crippen LogP contribution is 2.30. The zero-order chi connectivity index (χ0) is 21.1. The van der Waals surface area contributed by atoms with Gasteiger partial charge in [-0.05, 0) is 42.8 Å². The lowest BCUT2D eigenvalue weighted by Crippen LogP contribution is -2.52. The molecule has 1 atom stereocenters. The number of ether oxygens (including phenoxy) is 1. The number of carbonyl (C=O) groups excluding carboxylic acids is 2. The fraction of sp³-hybridized carbons (Fsp3) is 0.391. The molecule has 0 aromatic heterocycles. The summed E-state index contributed by atoms with van der Waals surface area (Å²) >= 11 is 6.32. The monoisotopic (exact) mass is 427 g/mol. The summed E-state index contributed by atoms with van der Waals surface area (Å²) in [6.07, 6.45) is 1.15. The molecule has 2 aromatic rings. The van der Waals surface area contributed by atoms with Crippen molar-refractivity contribution in [2.45, 2.75) is 25.8 Å². The molecular formula is C23H26ClN3O3. The Hall–Kier alpha value is -2.57. The number of nitrogens with zero attached hydrogens (tertiary/aromatic N) is 3. The molecule has 0 unspecified atom stereocenters. The summed E-state index contributed by atoms with van der Waals surface area (Å²) in [5, 5.41) is 0.732. The Morgan fingerprint density at radius 3 is 2.37 bits per heavy atom. The number of hydrogen-bond donors (Lipinski definition) is 0. The molecule has 0 radical (unpaired) electrons. The molecule has 2 aliphatic heterocycles. The number of rotatable bonds is 6. The second kappa shape index (κ2) is 9.06. The van der Waals surface area contributed by atoms with E-state index in [1.165, 1.54) is 4.90 Å². The zero-order valence-electron chi connectivity index (χ0n) is 17.1. The van der Waals surface area contributed by atoms with Crippen molar-refractivity contribution in [3.63, 3.8) is 0 Å². The van der Waals surface area contributed by atoms with E-state index in [0.717, 1.165) is 36.0 Å². The van der Waals surface area contributed by atoms with E-state index in [1.807, 2.05) is 31.2 Å². The molecule has 158 valence electrons. The van der Waals surface area contributed by atoms with E-state index in [1.54, 1.807) is 24.3 Å². The van der Waals surface area contributed by atoms with Gasteiger partial charge in [-0.25, -0.2) is 4.90 Å². The highest BCUT2D eigenvalue weighted by Gasteiger charge is 2.43. The van der Waals surface area contributed by atoms with Gasteiger partial charge in [-0.15, -0.1) is 0 Å². The first-order chi connectivity index (χ1) is 14.6. The normalized spacial score (nSPS) is 20.1. The van der Waals surface area contributed by atoms with Gasteiger partial charge in [0.1, 0.15) is 5.75 Å². The third kappa shape index (κ3) is 4.16. The lowest BCUT2D eigenvalue weighted by atomic mass is 10.1. The van der Waals surface area contributed by atoms with Gasteiger partial charge in [0.05, 0.1) is 35.5 Å². The first kappa shape index (κ1) is 20.7. The summed E-state index contributed by atoms with van der Waals surface area (Å²) in [5.41, 5.74) is 1.62. The van der Waals surface area contributed by atoms with Crippen LogP contribution in [0, 0.1) is 0 Å². The largest absolute Gasteiger partial charge is 0.494 e. The van der Waals surface area contributed by atoms with E-state index < -0.39 is 6.04 Å². The summed E-state index contributed by atoms with van der Waals surface area (Å²) in [5.74, 6) is 0.445. The minimum Gasteiger partial charge on any atom is -0.494 e. The van der Waals surface area contributed by atoms with Crippen molar-refractivity contribution < 1.29 is 14.3 Å². The average Bonchev–Trinajstić information content (AvgIpc) is 3.07. The molecular weight excluding hydrogens is 402 g/mol. The van der Waals surface area contributed by atoms with Gasteiger partial charge in [0.25, 0.3) is 5.91 Å². The molecule has 0 saturated carbocycles. The average molecular weight is 428 g/mol. The predicted octanol–water partition coefficient (Wildman–Crippen LogP) is 3.58. The second-order valence-electron chi connectivity index (χ2n) is 7.60. The molecule has 2 amide bonds. The molecule has 4 rings (SSSR count). The van der Waals surface area contributed by atoms with Crippen molar-refractivity contribution in [1.82, 2.24) is 4.90 Å². The van der Waals surface area contributed by atoms with Crippen LogP contribution in [0.5, 0.6) is 5.75 Å². The third-order valence-electron chi connectivity index (χ3n) is 5.64. The van der Waals surface area contributed by atoms with E-state index in [4.69, 9.17) is 16.3 Å². The van der Waals surface area contributed by atoms with Gasteiger partial charge >= 0.3 is 0 Å². The van der Waals surface area contributed by atoms with Crippen LogP contribution in [0.15, 0.2) is 48.5 Å². The van der Waals surface area contributed by atoms with Crippen molar-refractivity contribution in [1.29, 1.82) is 0 Å². The number of anilines is 2. The van der Waals surface area contributed by atoms with Gasteiger partial charge in [0.2, 0.25) is 5.91 Å². The Balaban J connectivity index is 1.40. The van der Waals surface area contributed by atoms with Crippen LogP contribution >= 0.6 is 11.6 Å². The fourth-order valence-electron chi connectivity index (χ4n) is 4.07. The molecule has 2 heterocycles. The maximum Gasteiger partial charge on any atom is 0.251 e. The number of para-hydroxylation sites is 1. The fourth-order valence-corrected chi connectivity index (χ4v) is 4.32. The van der Waals surface area contributed by atoms with Crippen LogP contribution in [0.2, 0.25) is 5.02 Å². The Morgan fingerprint density at radius 1 is 1.00 bits per heavy atom. The first-order valence-electron chi connectivity index (χ1n) is 10.4. The van der Waals surface area contributed by atoms with E-state index in [0.29, 0.717) is 25.4 Å². The Kier molecular flexibility index (Phi) is 6.25. The third-order valence-corrected chi connectivity index (χ3v) is 5.96. The molecule has 0 aliphatic carbocycles. The van der Waals surface area contributed by atoms with Crippen molar-refractivity contribution in [2.75, 3.05) is 42.6 Å². The summed E-state index contributed by atoms with van der Waals surface area (Å²) < 4.78 is 5.59. The lowest BCUT2D eigenvalue weighted by molar-refractivity contribution is -0.123. The summed E-state index contributed by atoms with van der Waals surface area (Å²) in [7, 11) is 0. The van der Waals surface area contributed by atoms with Gasteiger partial charge in [-0.1, -0.05) is 30.7 Å². The Morgan fingerprint density at radius 2 is 1.70 bits per heavy atom. The van der Waals surface area contributed by atoms with Gasteiger partial charge in [0.15, 0.2) is 0 Å². The van der Waals surface area contributed by atoms with Gasteiger partial charge in [0, 0.05) is 26.2 Å². The molecule has 7 heteroatoms. The maximum absolute atomic E-state index is 13.1. The van der Waals surface area contributed by atoms with Gasteiger partial charge < -0.3 is 9.64 Å². The standard InChI is InChI=1S/C23H26ClN3O3/c1-2-15-30-18-9-7-17(8-10-18)27-22(28)16-21(23(27)29)26-13-11-25(12-14-26)20-6-4-3-5-19(20)24/h3-10,21H,2,11-16H2,1H3/t21-/m0/s1. The number of piperazine rings is 1. The van der Waals surface area contributed by atoms with E-state index >= 15 is 0 Å². The molecule has 0 N–H and O–H groups in total. The molecule has 0 bridgehead atoms. The van der Waals surface area contributed by atoms with E-state index in [2.05, 4.69) is 9.80 Å². The summed E-state index contributed by atoms with van der Waals surface area (Å²) in [6.45, 7) is 5.66. The minimum absolute atomic E-state index is 0.145. The van der Waals surface area contributed by atoms with Crippen LogP contribution in [0.3, 0.4) is 0 Å². The molecule has 2 saturated heterocycles. The van der Waals surface area contributed by atoms with Crippen LogP contribution < -0.4 is 14.5 Å². The lowest BCUT2D eigenvalue weighted by Gasteiger charge is -2.38. The zero-order valence-corrected chi connectivity index (χ0v) is 17.8. The Bertz CT molecular complexity index is 910. The van der Waals surface area contributed by atoms with Crippen LogP contribution in [-0.4, -0.2) is 55.5 Å². The smallest absolute Gasteiger partial charge is 0.251 e. The second-order valence-corrected chi connectivity index (χ2v) is 8.01. The number of amides is 2. The van der Waals surface area contributed by atoms with Crippen molar-refractivity contribution >= 4 is 34.8 Å². The van der Waals surface area contributed by atoms with Crippen LogP contribution in [0.25, 0.3) is 0 Å². The topological polar surface area (TPSA) is 53.1 Å². The van der Waals surface area contributed by atoms with Crippen molar-refractivity contribution in [2.24, 2.45) is 0 Å². The number of carbonyl (C=O) groups is 2. The van der Waals surface area contributed by atoms with Gasteiger partial charge in [-0.2, -0.15) is 0 Å². The van der Waals surface area contributed by atoms with Gasteiger partial charge in [-0.3, -0.25) is 14.5 Å². The molecule has 30 heavy (non-hydrogen) atoms. The minimum atomic E-state index is -0.401. The maximum atomic E-state index is 13.1. The SMILES string of the molecule is CCCOc1ccc(N2C(=O)C[C@H](N3CCN(c4ccccc4Cl)CC3)C2=O)cc1. The summed E-state index contributed by atoms with van der Waals surface area (Å²) in [4.78, 5) is 31.4. The first-order valence-corrected chi connectivity index (χ1v) is 10.8. The van der Waals surface area contributed by atoms with Crippen LogP contribution in [0.1, 0.15) is 19.8 Å². The highest BCUT2D eigenvalue weighted by atomic mass is 35.5. The number of benzene rings is 2. The van der Waals surface area contributed by atoms with Crippen molar-refractivity contribution in [3.05, 3.63) is 53.6 Å². The van der Waals surface area contributed by atoms with Crippen LogP contribution in [0.4, 0.5) is 11.4 Å². The summed E-state index contributed by atoms with van der Waals surface area (Å²) in [6, 6.07) is 14.6. The quantitative estimate of drug-likeness (QED) is 0.659. The number of halogens is 1. The molecule has 2 aliphatic rings. The molecule has 2 aromatic carbocycles. The highest BCUT2D eigenvalue weighted by molar-refractivity contribution is 6.33. The molecule has 2 fully saturated rings. The number of imide groups is 1. The number of hydrogen-bond acceptors (Lipinski definition) is 5. The Labute approximate surface area is 182 Å².